The lowest BCUT2D eigenvalue weighted by Crippen LogP contribution is -2.32. The first kappa shape index (κ1) is 11.1. The second-order valence-electron chi connectivity index (χ2n) is 3.34. The Morgan fingerprint density at radius 2 is 2.46 bits per heavy atom. The molecule has 0 radical (unpaired) electrons. The van der Waals surface area contributed by atoms with E-state index in [1.54, 1.807) is 0 Å². The third-order valence-electron chi connectivity index (χ3n) is 2.60. The molecule has 2 unspecified atom stereocenters. The Morgan fingerprint density at radius 3 is 3.08 bits per heavy atom. The molecular weight excluding hydrogens is 188 g/mol. The van der Waals surface area contributed by atoms with E-state index in [1.165, 1.54) is 19.4 Å². The molecule has 1 aliphatic heterocycles. The highest BCUT2D eigenvalue weighted by Crippen LogP contribution is 2.18. The van der Waals surface area contributed by atoms with Gasteiger partial charge in [0.1, 0.15) is 0 Å². The molecule has 0 aliphatic carbocycles. The van der Waals surface area contributed by atoms with Gasteiger partial charge in [0.05, 0.1) is 0 Å². The van der Waals surface area contributed by atoms with Crippen molar-refractivity contribution >= 4 is 11.3 Å². The van der Waals surface area contributed by atoms with E-state index in [-0.39, 0.29) is 0 Å². The maximum absolute atomic E-state index is 10.2. The number of nitrogens with one attached hydrogen (secondary N) is 1. The topological polar surface area (TPSA) is 55.4 Å². The van der Waals surface area contributed by atoms with Crippen LogP contribution in [0.1, 0.15) is 26.2 Å². The molecule has 0 saturated carbocycles. The minimum Gasteiger partial charge on any atom is -0.760 e. The minimum absolute atomic E-state index is 0.567. The van der Waals surface area contributed by atoms with Gasteiger partial charge in [0.25, 0.3) is 0 Å². The molecule has 1 fully saturated rings. The van der Waals surface area contributed by atoms with Crippen molar-refractivity contribution in [2.75, 3.05) is 19.6 Å². The summed E-state index contributed by atoms with van der Waals surface area (Å²) in [6, 6.07) is 0.584. The fraction of sp³-hybridized carbons (Fsp3) is 1.00. The van der Waals surface area contributed by atoms with Gasteiger partial charge in [-0.3, -0.25) is 4.21 Å². The Labute approximate surface area is 82.1 Å². The summed E-state index contributed by atoms with van der Waals surface area (Å²) < 4.78 is 22.8. The summed E-state index contributed by atoms with van der Waals surface area (Å²) in [4.78, 5) is 2.41. The number of likely N-dealkylation sites (tertiary alicyclic amines) is 1. The summed E-state index contributed by atoms with van der Waals surface area (Å²) in [5, 5.41) is 0. The van der Waals surface area contributed by atoms with Crippen molar-refractivity contribution in [3.8, 4) is 0 Å². The van der Waals surface area contributed by atoms with Crippen molar-refractivity contribution in [3.05, 3.63) is 0 Å². The summed E-state index contributed by atoms with van der Waals surface area (Å²) in [5.41, 5.74) is 0. The summed E-state index contributed by atoms with van der Waals surface area (Å²) in [6.07, 6.45) is 3.39. The molecule has 0 aromatic rings. The third-order valence-corrected chi connectivity index (χ3v) is 3.04. The summed E-state index contributed by atoms with van der Waals surface area (Å²) in [6.45, 7) is 4.96. The smallest absolute Gasteiger partial charge is 0.0181 e. The van der Waals surface area contributed by atoms with E-state index in [0.717, 1.165) is 13.0 Å². The molecule has 0 aromatic carbocycles. The van der Waals surface area contributed by atoms with E-state index in [2.05, 4.69) is 16.5 Å². The number of hydrogen-bond donors (Lipinski definition) is 1. The van der Waals surface area contributed by atoms with Gasteiger partial charge in [-0.1, -0.05) is 6.92 Å². The highest BCUT2D eigenvalue weighted by Gasteiger charge is 2.21. The van der Waals surface area contributed by atoms with Crippen LogP contribution in [0, 0.1) is 0 Å². The average Bonchev–Trinajstić information content (AvgIpc) is 2.51. The molecule has 1 rings (SSSR count). The normalized spacial score (nSPS) is 26.5. The zero-order valence-electron chi connectivity index (χ0n) is 7.99. The van der Waals surface area contributed by atoms with Gasteiger partial charge in [-0.05, 0) is 32.4 Å². The molecule has 1 aliphatic rings. The van der Waals surface area contributed by atoms with Gasteiger partial charge in [0.15, 0.2) is 0 Å². The Bertz CT molecular complexity index is 178. The Kier molecular flexibility index (Phi) is 4.87. The van der Waals surface area contributed by atoms with E-state index in [9.17, 15) is 8.76 Å². The molecule has 1 heterocycles. The van der Waals surface area contributed by atoms with E-state index < -0.39 is 11.3 Å². The minimum atomic E-state index is -2.10. The van der Waals surface area contributed by atoms with Gasteiger partial charge in [-0.15, -0.1) is 0 Å². The zero-order chi connectivity index (χ0) is 9.68. The highest BCUT2D eigenvalue weighted by atomic mass is 32.2. The summed E-state index contributed by atoms with van der Waals surface area (Å²) >= 11 is -2.10. The average molecular weight is 205 g/mol. The van der Waals surface area contributed by atoms with Crippen molar-refractivity contribution in [1.29, 1.82) is 0 Å². The number of rotatable bonds is 5. The Hall–Kier alpha value is 0.0300. The predicted molar refractivity (Wildman–Crippen MR) is 51.8 cm³/mol. The molecule has 0 amide bonds. The molecule has 0 aromatic heterocycles. The molecule has 4 nitrogen and oxygen atoms in total. The molecule has 78 valence electrons. The monoisotopic (exact) mass is 205 g/mol. The van der Waals surface area contributed by atoms with Crippen molar-refractivity contribution in [3.63, 3.8) is 0 Å². The molecule has 1 saturated heterocycles. The van der Waals surface area contributed by atoms with Crippen LogP contribution in [0.15, 0.2) is 0 Å². The molecule has 5 heteroatoms. The van der Waals surface area contributed by atoms with Gasteiger partial charge >= 0.3 is 0 Å². The largest absolute Gasteiger partial charge is 0.760 e. The SMILES string of the molecule is CCN1CCCC1CCNS(=O)[O-]. The van der Waals surface area contributed by atoms with Crippen molar-refractivity contribution < 1.29 is 8.76 Å². The van der Waals surface area contributed by atoms with Crippen LogP contribution in [0.25, 0.3) is 0 Å². The lowest BCUT2D eigenvalue weighted by molar-refractivity contribution is 0.256. The second-order valence-corrected chi connectivity index (χ2v) is 4.10. The summed E-state index contributed by atoms with van der Waals surface area (Å²) in [5.74, 6) is 0. The van der Waals surface area contributed by atoms with Crippen LogP contribution >= 0.6 is 0 Å². The molecular formula is C8H17N2O2S-. The third kappa shape index (κ3) is 3.72. The number of nitrogens with zero attached hydrogens (tertiary/aromatic N) is 1. The number of hydrogen-bond acceptors (Lipinski definition) is 3. The van der Waals surface area contributed by atoms with Crippen molar-refractivity contribution in [1.82, 2.24) is 9.62 Å². The molecule has 13 heavy (non-hydrogen) atoms. The highest BCUT2D eigenvalue weighted by molar-refractivity contribution is 7.77. The summed E-state index contributed by atoms with van der Waals surface area (Å²) in [7, 11) is 0. The van der Waals surface area contributed by atoms with Crippen molar-refractivity contribution in [2.45, 2.75) is 32.2 Å². The fourth-order valence-electron chi connectivity index (χ4n) is 1.95. The first-order valence-corrected chi connectivity index (χ1v) is 5.88. The van der Waals surface area contributed by atoms with Crippen LogP contribution < -0.4 is 4.72 Å². The maximum atomic E-state index is 10.2. The van der Waals surface area contributed by atoms with Crippen LogP contribution in [0.5, 0.6) is 0 Å². The van der Waals surface area contributed by atoms with Gasteiger partial charge in [-0.2, -0.15) is 0 Å². The van der Waals surface area contributed by atoms with Crippen LogP contribution in [-0.4, -0.2) is 39.3 Å². The quantitative estimate of drug-likeness (QED) is 0.654. The Balaban J connectivity index is 2.16. The van der Waals surface area contributed by atoms with Gasteiger partial charge in [-0.25, -0.2) is 4.72 Å². The van der Waals surface area contributed by atoms with Gasteiger partial charge < -0.3 is 9.45 Å². The van der Waals surface area contributed by atoms with E-state index >= 15 is 0 Å². The molecule has 0 bridgehead atoms. The lowest BCUT2D eigenvalue weighted by Gasteiger charge is -2.22. The standard InChI is InChI=1S/C8H18N2O2S/c1-2-10-7-3-4-8(10)5-6-9-13(11)12/h8-9H,2-7H2,1H3,(H,11,12)/p-1. The lowest BCUT2D eigenvalue weighted by atomic mass is 10.1. The van der Waals surface area contributed by atoms with Crippen LogP contribution in [-0.2, 0) is 11.3 Å². The fourth-order valence-corrected chi connectivity index (χ4v) is 2.23. The van der Waals surface area contributed by atoms with Crippen LogP contribution in [0.2, 0.25) is 0 Å². The van der Waals surface area contributed by atoms with Crippen LogP contribution in [0.3, 0.4) is 0 Å². The van der Waals surface area contributed by atoms with Crippen LogP contribution in [0.4, 0.5) is 0 Å². The molecule has 2 atom stereocenters. The zero-order valence-corrected chi connectivity index (χ0v) is 8.81. The maximum Gasteiger partial charge on any atom is 0.0181 e. The van der Waals surface area contributed by atoms with E-state index in [0.29, 0.717) is 12.6 Å². The van der Waals surface area contributed by atoms with Crippen molar-refractivity contribution in [2.24, 2.45) is 0 Å². The Morgan fingerprint density at radius 1 is 1.69 bits per heavy atom. The first-order valence-electron chi connectivity index (χ1n) is 4.81. The molecule has 0 spiro atoms. The van der Waals surface area contributed by atoms with Gasteiger partial charge in [0, 0.05) is 23.9 Å². The van der Waals surface area contributed by atoms with Gasteiger partial charge in [0.2, 0.25) is 0 Å². The van der Waals surface area contributed by atoms with E-state index in [4.69, 9.17) is 0 Å². The second kappa shape index (κ2) is 5.70. The first-order chi connectivity index (χ1) is 6.24. The predicted octanol–water partition coefficient (Wildman–Crippen LogP) is 0.244. The molecule has 1 N–H and O–H groups in total. The van der Waals surface area contributed by atoms with E-state index in [1.807, 2.05) is 0 Å².